The van der Waals surface area contributed by atoms with Crippen molar-refractivity contribution in [3.63, 3.8) is 0 Å². The van der Waals surface area contributed by atoms with Crippen molar-refractivity contribution in [2.24, 2.45) is 0 Å². The smallest absolute Gasteiger partial charge is 0.267 e. The van der Waals surface area contributed by atoms with Gasteiger partial charge in [0.15, 0.2) is 4.90 Å². The predicted molar refractivity (Wildman–Crippen MR) is 80.6 cm³/mol. The Morgan fingerprint density at radius 1 is 1.04 bits per heavy atom. The van der Waals surface area contributed by atoms with Crippen LogP contribution in [-0.4, -0.2) is 31.5 Å². The van der Waals surface area contributed by atoms with Crippen LogP contribution in [0.1, 0.15) is 12.8 Å². The highest BCUT2D eigenvalue weighted by Crippen LogP contribution is 2.22. The highest BCUT2D eigenvalue weighted by molar-refractivity contribution is 7.92. The van der Waals surface area contributed by atoms with Gasteiger partial charge in [0.2, 0.25) is 5.95 Å². The second kappa shape index (κ2) is 6.07. The fourth-order valence-corrected chi connectivity index (χ4v) is 3.57. The van der Waals surface area contributed by atoms with E-state index in [-0.39, 0.29) is 5.69 Å². The maximum Gasteiger partial charge on any atom is 0.267 e. The van der Waals surface area contributed by atoms with Gasteiger partial charge in [-0.1, -0.05) is 6.07 Å². The number of sulfonamides is 1. The van der Waals surface area contributed by atoms with Gasteiger partial charge in [-0.3, -0.25) is 4.72 Å². The van der Waals surface area contributed by atoms with E-state index in [1.54, 1.807) is 0 Å². The van der Waals surface area contributed by atoms with Crippen LogP contribution >= 0.6 is 0 Å². The molecule has 2 heterocycles. The minimum absolute atomic E-state index is 0.0376. The lowest BCUT2D eigenvalue weighted by Gasteiger charge is -2.15. The first kappa shape index (κ1) is 15.6. The fraction of sp³-hybridized carbons (Fsp3) is 0.286. The number of anilines is 2. The molecule has 0 aliphatic carbocycles. The van der Waals surface area contributed by atoms with Gasteiger partial charge in [-0.25, -0.2) is 27.2 Å². The maximum atomic E-state index is 13.6. The number of nitrogens with one attached hydrogen (secondary N) is 1. The molecule has 2 aromatic rings. The molecule has 6 nitrogen and oxygen atoms in total. The standard InChI is InChI=1S/C14H14F2N4O2S/c15-11-4-3-5-12(16)13(11)23(21,22)19-10-8-17-14(18-9-10)20-6-1-2-7-20/h3-5,8-9,19H,1-2,6-7H2. The monoisotopic (exact) mass is 340 g/mol. The first-order valence-electron chi connectivity index (χ1n) is 7.01. The van der Waals surface area contributed by atoms with E-state index in [2.05, 4.69) is 14.7 Å². The Balaban J connectivity index is 1.83. The van der Waals surface area contributed by atoms with Crippen LogP contribution < -0.4 is 9.62 Å². The predicted octanol–water partition coefficient (Wildman–Crippen LogP) is 2.16. The number of benzene rings is 1. The molecular formula is C14H14F2N4O2S. The Hall–Kier alpha value is -2.29. The first-order chi connectivity index (χ1) is 11.0. The van der Waals surface area contributed by atoms with Crippen molar-refractivity contribution in [2.45, 2.75) is 17.7 Å². The Labute approximate surface area is 132 Å². The fourth-order valence-electron chi connectivity index (χ4n) is 2.40. The quantitative estimate of drug-likeness (QED) is 0.923. The molecule has 0 amide bonds. The van der Waals surface area contributed by atoms with E-state index in [0.717, 1.165) is 44.1 Å². The molecule has 0 spiro atoms. The van der Waals surface area contributed by atoms with Gasteiger partial charge >= 0.3 is 0 Å². The van der Waals surface area contributed by atoms with Gasteiger partial charge in [0.1, 0.15) is 11.6 Å². The van der Waals surface area contributed by atoms with Crippen molar-refractivity contribution in [3.8, 4) is 0 Å². The molecule has 1 aliphatic heterocycles. The van der Waals surface area contributed by atoms with E-state index in [1.807, 2.05) is 4.90 Å². The van der Waals surface area contributed by atoms with Crippen LogP contribution in [0.2, 0.25) is 0 Å². The lowest BCUT2D eigenvalue weighted by Crippen LogP contribution is -2.21. The number of hydrogen-bond donors (Lipinski definition) is 1. The van der Waals surface area contributed by atoms with Gasteiger partial charge in [0, 0.05) is 13.1 Å². The summed E-state index contributed by atoms with van der Waals surface area (Å²) in [5.41, 5.74) is 0.0376. The highest BCUT2D eigenvalue weighted by atomic mass is 32.2. The third-order valence-corrected chi connectivity index (χ3v) is 4.90. The number of rotatable bonds is 4. The van der Waals surface area contributed by atoms with Crippen molar-refractivity contribution < 1.29 is 17.2 Å². The molecule has 3 rings (SSSR count). The summed E-state index contributed by atoms with van der Waals surface area (Å²) in [7, 11) is -4.40. The molecule has 1 fully saturated rings. The van der Waals surface area contributed by atoms with E-state index in [1.165, 1.54) is 12.4 Å². The van der Waals surface area contributed by atoms with Crippen LogP contribution in [0.15, 0.2) is 35.5 Å². The summed E-state index contributed by atoms with van der Waals surface area (Å²) < 4.78 is 53.6. The van der Waals surface area contributed by atoms with E-state index < -0.39 is 26.6 Å². The number of hydrogen-bond acceptors (Lipinski definition) is 5. The lowest BCUT2D eigenvalue weighted by atomic mass is 10.3. The zero-order chi connectivity index (χ0) is 16.4. The van der Waals surface area contributed by atoms with Gasteiger partial charge in [-0.15, -0.1) is 0 Å². The minimum atomic E-state index is -4.40. The molecule has 0 unspecified atom stereocenters. The summed E-state index contributed by atoms with van der Waals surface area (Å²) in [6.45, 7) is 1.71. The highest BCUT2D eigenvalue weighted by Gasteiger charge is 2.24. The second-order valence-electron chi connectivity index (χ2n) is 5.12. The summed E-state index contributed by atoms with van der Waals surface area (Å²) in [6.07, 6.45) is 4.67. The van der Waals surface area contributed by atoms with Crippen LogP contribution in [0, 0.1) is 11.6 Å². The molecule has 1 saturated heterocycles. The molecule has 0 saturated carbocycles. The van der Waals surface area contributed by atoms with Gasteiger partial charge in [0.25, 0.3) is 10.0 Å². The van der Waals surface area contributed by atoms with E-state index in [9.17, 15) is 17.2 Å². The maximum absolute atomic E-state index is 13.6. The van der Waals surface area contributed by atoms with Crippen molar-refractivity contribution in [1.82, 2.24) is 9.97 Å². The molecule has 1 aliphatic rings. The lowest BCUT2D eigenvalue weighted by molar-refractivity contribution is 0.521. The van der Waals surface area contributed by atoms with Gasteiger partial charge in [-0.2, -0.15) is 0 Å². The average Bonchev–Trinajstić information content (AvgIpc) is 3.01. The van der Waals surface area contributed by atoms with E-state index in [4.69, 9.17) is 0 Å². The minimum Gasteiger partial charge on any atom is -0.341 e. The molecule has 0 bridgehead atoms. The van der Waals surface area contributed by atoms with Crippen LogP contribution in [0.5, 0.6) is 0 Å². The third kappa shape index (κ3) is 3.24. The largest absolute Gasteiger partial charge is 0.341 e. The molecule has 9 heteroatoms. The van der Waals surface area contributed by atoms with Crippen molar-refractivity contribution in [3.05, 3.63) is 42.2 Å². The Kier molecular flexibility index (Phi) is 4.12. The Morgan fingerprint density at radius 3 is 2.17 bits per heavy atom. The molecule has 0 radical (unpaired) electrons. The Morgan fingerprint density at radius 2 is 1.61 bits per heavy atom. The summed E-state index contributed by atoms with van der Waals surface area (Å²) >= 11 is 0. The zero-order valence-electron chi connectivity index (χ0n) is 12.0. The summed E-state index contributed by atoms with van der Waals surface area (Å²) in [5, 5.41) is 0. The van der Waals surface area contributed by atoms with Crippen molar-refractivity contribution in [2.75, 3.05) is 22.7 Å². The molecule has 122 valence electrons. The average molecular weight is 340 g/mol. The van der Waals surface area contributed by atoms with Crippen LogP contribution in [-0.2, 0) is 10.0 Å². The third-order valence-electron chi connectivity index (χ3n) is 3.47. The van der Waals surface area contributed by atoms with Gasteiger partial charge in [0.05, 0.1) is 18.1 Å². The van der Waals surface area contributed by atoms with Gasteiger partial charge in [-0.05, 0) is 25.0 Å². The first-order valence-corrected chi connectivity index (χ1v) is 8.49. The van der Waals surface area contributed by atoms with E-state index >= 15 is 0 Å². The topological polar surface area (TPSA) is 75.2 Å². The van der Waals surface area contributed by atoms with Crippen molar-refractivity contribution in [1.29, 1.82) is 0 Å². The summed E-state index contributed by atoms with van der Waals surface area (Å²) in [6, 6.07) is 2.85. The van der Waals surface area contributed by atoms with Gasteiger partial charge < -0.3 is 4.90 Å². The molecule has 0 atom stereocenters. The number of nitrogens with zero attached hydrogens (tertiary/aromatic N) is 3. The molecule has 1 aromatic heterocycles. The zero-order valence-corrected chi connectivity index (χ0v) is 12.9. The van der Waals surface area contributed by atoms with E-state index in [0.29, 0.717) is 5.95 Å². The molecule has 1 N–H and O–H groups in total. The SMILES string of the molecule is O=S(=O)(Nc1cnc(N2CCCC2)nc1)c1c(F)cccc1F. The van der Waals surface area contributed by atoms with Crippen LogP contribution in [0.4, 0.5) is 20.4 Å². The molecule has 1 aromatic carbocycles. The summed E-state index contributed by atoms with van der Waals surface area (Å²) in [5.74, 6) is -1.82. The second-order valence-corrected chi connectivity index (χ2v) is 6.74. The van der Waals surface area contributed by atoms with Crippen LogP contribution in [0.3, 0.4) is 0 Å². The van der Waals surface area contributed by atoms with Crippen molar-refractivity contribution >= 4 is 21.7 Å². The summed E-state index contributed by atoms with van der Waals surface area (Å²) in [4.78, 5) is 9.12. The number of halogens is 2. The molecule has 23 heavy (non-hydrogen) atoms. The molecular weight excluding hydrogens is 326 g/mol. The normalized spacial score (nSPS) is 15.0. The Bertz CT molecular complexity index is 786. The number of aromatic nitrogens is 2. The van der Waals surface area contributed by atoms with Crippen LogP contribution in [0.25, 0.3) is 0 Å².